The fourth-order valence-corrected chi connectivity index (χ4v) is 4.21. The first-order valence-electron chi connectivity index (χ1n) is 11.1. The molecule has 3 aromatic rings. The first-order valence-corrected chi connectivity index (χ1v) is 11.1. The fraction of sp³-hybridized carbons (Fsp3) is 0.280. The average Bonchev–Trinajstić information content (AvgIpc) is 2.84. The van der Waals surface area contributed by atoms with Crippen LogP contribution in [-0.2, 0) is 4.79 Å². The van der Waals surface area contributed by atoms with Gasteiger partial charge in [0.25, 0.3) is 11.8 Å². The molecule has 0 aliphatic carbocycles. The van der Waals surface area contributed by atoms with Crippen LogP contribution in [0, 0.1) is 12.7 Å². The Balaban J connectivity index is 1.77. The number of aryl methyl sites for hydroxylation is 1. The molecule has 1 fully saturated rings. The lowest BCUT2D eigenvalue weighted by atomic mass is 10.0. The van der Waals surface area contributed by atoms with E-state index in [0.29, 0.717) is 54.0 Å². The van der Waals surface area contributed by atoms with Gasteiger partial charge in [0, 0.05) is 62.0 Å². The molecule has 0 atom stereocenters. The number of piperazine rings is 1. The number of fused-ring (bicyclic) bond motifs is 1. The second-order valence-corrected chi connectivity index (χ2v) is 8.37. The van der Waals surface area contributed by atoms with Crippen molar-refractivity contribution < 1.29 is 23.5 Å². The highest BCUT2D eigenvalue weighted by Crippen LogP contribution is 2.33. The molecular weight excluding hydrogens is 453 g/mol. The molecule has 9 nitrogen and oxygen atoms in total. The molecule has 0 unspecified atom stereocenters. The van der Waals surface area contributed by atoms with Crippen molar-refractivity contribution >= 4 is 40.0 Å². The van der Waals surface area contributed by atoms with E-state index < -0.39 is 11.7 Å². The normalized spacial score (nSPS) is 13.6. The zero-order chi connectivity index (χ0) is 25.3. The highest BCUT2D eigenvalue weighted by Gasteiger charge is 2.25. The van der Waals surface area contributed by atoms with Crippen LogP contribution in [0.15, 0.2) is 36.5 Å². The Bertz CT molecular complexity index is 1340. The van der Waals surface area contributed by atoms with Crippen molar-refractivity contribution in [3.63, 3.8) is 0 Å². The van der Waals surface area contributed by atoms with E-state index in [1.165, 1.54) is 38.4 Å². The third-order valence-corrected chi connectivity index (χ3v) is 6.11. The Morgan fingerprint density at radius 1 is 1.09 bits per heavy atom. The monoisotopic (exact) mass is 479 g/mol. The number of rotatable bonds is 5. The lowest BCUT2D eigenvalue weighted by Crippen LogP contribution is -2.50. The van der Waals surface area contributed by atoms with E-state index in [0.717, 1.165) is 5.56 Å². The number of aromatic nitrogens is 1. The minimum atomic E-state index is -0.703. The fourth-order valence-electron chi connectivity index (χ4n) is 4.21. The number of nitrogens with zero attached hydrogens (tertiary/aromatic N) is 3. The SMILES string of the molecule is COc1cc(Nc2c(C(N)=O)cnc3c(C)cc(C(=O)N4CCN(C(C)=O)CC4)cc23)ccc1F. The Morgan fingerprint density at radius 3 is 2.40 bits per heavy atom. The molecule has 10 heteroatoms. The van der Waals surface area contributed by atoms with E-state index in [9.17, 15) is 18.8 Å². The molecule has 1 aliphatic heterocycles. The van der Waals surface area contributed by atoms with Gasteiger partial charge >= 0.3 is 0 Å². The van der Waals surface area contributed by atoms with Crippen molar-refractivity contribution in [2.75, 3.05) is 38.6 Å². The van der Waals surface area contributed by atoms with Gasteiger partial charge in [0.2, 0.25) is 5.91 Å². The number of nitrogens with two attached hydrogens (primary N) is 1. The molecule has 1 aromatic heterocycles. The van der Waals surface area contributed by atoms with E-state index in [2.05, 4.69) is 10.3 Å². The van der Waals surface area contributed by atoms with Crippen LogP contribution in [0.4, 0.5) is 15.8 Å². The van der Waals surface area contributed by atoms with Gasteiger partial charge in [-0.3, -0.25) is 19.4 Å². The number of amides is 3. The van der Waals surface area contributed by atoms with E-state index >= 15 is 0 Å². The van der Waals surface area contributed by atoms with E-state index in [1.54, 1.807) is 21.9 Å². The molecule has 182 valence electrons. The minimum Gasteiger partial charge on any atom is -0.494 e. The molecule has 1 aliphatic rings. The molecule has 35 heavy (non-hydrogen) atoms. The first kappa shape index (κ1) is 23.9. The van der Waals surface area contributed by atoms with Crippen molar-refractivity contribution in [1.29, 1.82) is 0 Å². The maximum Gasteiger partial charge on any atom is 0.254 e. The highest BCUT2D eigenvalue weighted by molar-refractivity contribution is 6.10. The number of methoxy groups -OCH3 is 1. The Labute approximate surface area is 201 Å². The van der Waals surface area contributed by atoms with Crippen LogP contribution in [0.2, 0.25) is 0 Å². The lowest BCUT2D eigenvalue weighted by molar-refractivity contribution is -0.130. The summed E-state index contributed by atoms with van der Waals surface area (Å²) >= 11 is 0. The van der Waals surface area contributed by atoms with Crippen molar-refractivity contribution in [2.24, 2.45) is 5.73 Å². The maximum absolute atomic E-state index is 13.9. The van der Waals surface area contributed by atoms with Crippen LogP contribution in [0.5, 0.6) is 5.75 Å². The number of hydrogen-bond acceptors (Lipinski definition) is 6. The lowest BCUT2D eigenvalue weighted by Gasteiger charge is -2.34. The average molecular weight is 480 g/mol. The summed E-state index contributed by atoms with van der Waals surface area (Å²) in [7, 11) is 1.36. The molecule has 0 radical (unpaired) electrons. The molecule has 0 saturated carbocycles. The quantitative estimate of drug-likeness (QED) is 0.581. The third-order valence-electron chi connectivity index (χ3n) is 6.11. The van der Waals surface area contributed by atoms with Gasteiger partial charge in [0.15, 0.2) is 11.6 Å². The molecule has 2 heterocycles. The van der Waals surface area contributed by atoms with Crippen molar-refractivity contribution in [3.8, 4) is 5.75 Å². The number of halogens is 1. The molecule has 2 aromatic carbocycles. The summed E-state index contributed by atoms with van der Waals surface area (Å²) < 4.78 is 19.0. The van der Waals surface area contributed by atoms with Gasteiger partial charge in [0.1, 0.15) is 0 Å². The number of benzene rings is 2. The summed E-state index contributed by atoms with van der Waals surface area (Å²) in [6.45, 7) is 5.14. The Hall–Kier alpha value is -4.21. The van der Waals surface area contributed by atoms with E-state index in [4.69, 9.17) is 10.5 Å². The predicted octanol–water partition coefficient (Wildman–Crippen LogP) is 2.84. The summed E-state index contributed by atoms with van der Waals surface area (Å²) in [5.41, 5.74) is 8.32. The molecule has 0 bridgehead atoms. The van der Waals surface area contributed by atoms with Crippen LogP contribution in [0.1, 0.15) is 33.2 Å². The topological polar surface area (TPSA) is 118 Å². The van der Waals surface area contributed by atoms with Gasteiger partial charge in [0.05, 0.1) is 23.9 Å². The molecule has 3 N–H and O–H groups in total. The van der Waals surface area contributed by atoms with Crippen LogP contribution < -0.4 is 15.8 Å². The highest BCUT2D eigenvalue weighted by atomic mass is 19.1. The van der Waals surface area contributed by atoms with E-state index in [1.807, 2.05) is 6.92 Å². The summed E-state index contributed by atoms with van der Waals surface area (Å²) in [6.07, 6.45) is 1.38. The van der Waals surface area contributed by atoms with Crippen molar-refractivity contribution in [3.05, 3.63) is 59.0 Å². The summed E-state index contributed by atoms with van der Waals surface area (Å²) in [5.74, 6) is -1.40. The number of hydrogen-bond donors (Lipinski definition) is 2. The smallest absolute Gasteiger partial charge is 0.254 e. The molecular formula is C25H26FN5O4. The van der Waals surface area contributed by atoms with Gasteiger partial charge in [-0.1, -0.05) is 0 Å². The molecule has 3 amide bonds. The van der Waals surface area contributed by atoms with Gasteiger partial charge in [-0.25, -0.2) is 4.39 Å². The molecule has 0 spiro atoms. The minimum absolute atomic E-state index is 0.0168. The van der Waals surface area contributed by atoms with Gasteiger partial charge in [-0.05, 0) is 36.8 Å². The predicted molar refractivity (Wildman–Crippen MR) is 129 cm³/mol. The van der Waals surface area contributed by atoms with Crippen LogP contribution in [0.25, 0.3) is 10.9 Å². The van der Waals surface area contributed by atoms with Gasteiger partial charge in [-0.15, -0.1) is 0 Å². The zero-order valence-electron chi connectivity index (χ0n) is 19.7. The molecule has 1 saturated heterocycles. The third kappa shape index (κ3) is 4.72. The van der Waals surface area contributed by atoms with E-state index in [-0.39, 0.29) is 23.1 Å². The number of pyridine rings is 1. The summed E-state index contributed by atoms with van der Waals surface area (Å²) in [4.78, 5) is 44.9. The van der Waals surface area contributed by atoms with Crippen molar-refractivity contribution in [2.45, 2.75) is 13.8 Å². The first-order chi connectivity index (χ1) is 16.7. The van der Waals surface area contributed by atoms with Crippen molar-refractivity contribution in [1.82, 2.24) is 14.8 Å². The number of carbonyl (C=O) groups excluding carboxylic acids is 3. The number of nitrogens with one attached hydrogen (secondary N) is 1. The second kappa shape index (κ2) is 9.57. The number of carbonyl (C=O) groups is 3. The second-order valence-electron chi connectivity index (χ2n) is 8.37. The van der Waals surface area contributed by atoms with Gasteiger partial charge < -0.3 is 25.6 Å². The summed E-state index contributed by atoms with van der Waals surface area (Å²) in [6, 6.07) is 7.64. The van der Waals surface area contributed by atoms with Gasteiger partial charge in [-0.2, -0.15) is 0 Å². The van der Waals surface area contributed by atoms with Crippen LogP contribution >= 0.6 is 0 Å². The standard InChI is InChI=1S/C25H26FN5O4/c1-14-10-16(25(34)31-8-6-30(7-9-31)15(2)32)11-18-22(14)28-13-19(24(27)33)23(18)29-17-4-5-20(26)21(12-17)35-3/h4-5,10-13H,6-9H2,1-3H3,(H2,27,33)(H,28,29). The van der Waals surface area contributed by atoms with Crippen LogP contribution in [-0.4, -0.2) is 65.8 Å². The molecule has 4 rings (SSSR count). The largest absolute Gasteiger partial charge is 0.494 e. The number of ether oxygens (including phenoxy) is 1. The Morgan fingerprint density at radius 2 is 1.77 bits per heavy atom. The zero-order valence-corrected chi connectivity index (χ0v) is 19.7. The summed E-state index contributed by atoms with van der Waals surface area (Å²) in [5, 5.41) is 3.66. The number of anilines is 2. The maximum atomic E-state index is 13.9. The van der Waals surface area contributed by atoms with Crippen LogP contribution in [0.3, 0.4) is 0 Å². The number of primary amides is 1. The Kier molecular flexibility index (Phi) is 6.54.